The van der Waals surface area contributed by atoms with Gasteiger partial charge in [-0.2, -0.15) is 0 Å². The summed E-state index contributed by atoms with van der Waals surface area (Å²) in [5.74, 6) is 0.465. The van der Waals surface area contributed by atoms with Gasteiger partial charge in [0.05, 0.1) is 17.3 Å². The van der Waals surface area contributed by atoms with Crippen LogP contribution in [-0.2, 0) is 4.79 Å². The standard InChI is InChI=1S/C14H21ClN2O/c1-9(2)7-16-8-13(18)17-14-11(4)5-10(3)6-12(14)15/h5-6,9,16H,7-8H2,1-4H3,(H,17,18). The Morgan fingerprint density at radius 3 is 2.56 bits per heavy atom. The van der Waals surface area contributed by atoms with E-state index in [0.717, 1.165) is 17.7 Å². The van der Waals surface area contributed by atoms with Crippen LogP contribution in [0.5, 0.6) is 0 Å². The smallest absolute Gasteiger partial charge is 0.238 e. The lowest BCUT2D eigenvalue weighted by Crippen LogP contribution is -2.30. The molecule has 18 heavy (non-hydrogen) atoms. The Kier molecular flexibility index (Phi) is 5.63. The number of carbonyl (C=O) groups is 1. The number of anilines is 1. The molecular formula is C14H21ClN2O. The lowest BCUT2D eigenvalue weighted by atomic mass is 10.1. The van der Waals surface area contributed by atoms with Crippen molar-refractivity contribution in [3.63, 3.8) is 0 Å². The molecular weight excluding hydrogens is 248 g/mol. The van der Waals surface area contributed by atoms with Gasteiger partial charge in [-0.1, -0.05) is 31.5 Å². The first-order valence-electron chi connectivity index (χ1n) is 6.17. The molecule has 4 heteroatoms. The van der Waals surface area contributed by atoms with Gasteiger partial charge in [-0.25, -0.2) is 0 Å². The Bertz CT molecular complexity index is 407. The minimum Gasteiger partial charge on any atom is -0.323 e. The van der Waals surface area contributed by atoms with E-state index in [4.69, 9.17) is 11.6 Å². The van der Waals surface area contributed by atoms with Gasteiger partial charge in [-0.05, 0) is 43.5 Å². The molecule has 0 atom stereocenters. The molecule has 0 spiro atoms. The molecule has 1 aromatic carbocycles. The molecule has 0 saturated carbocycles. The zero-order valence-electron chi connectivity index (χ0n) is 11.4. The van der Waals surface area contributed by atoms with Crippen LogP contribution < -0.4 is 10.6 Å². The van der Waals surface area contributed by atoms with Gasteiger partial charge >= 0.3 is 0 Å². The maximum Gasteiger partial charge on any atom is 0.238 e. The van der Waals surface area contributed by atoms with Crippen molar-refractivity contribution < 1.29 is 4.79 Å². The van der Waals surface area contributed by atoms with Crippen LogP contribution in [0.4, 0.5) is 5.69 Å². The van der Waals surface area contributed by atoms with Gasteiger partial charge in [0, 0.05) is 0 Å². The van der Waals surface area contributed by atoms with Crippen molar-refractivity contribution in [2.24, 2.45) is 5.92 Å². The second kappa shape index (κ2) is 6.76. The third kappa shape index (κ3) is 4.67. The first kappa shape index (κ1) is 15.0. The van der Waals surface area contributed by atoms with Crippen LogP contribution in [0.25, 0.3) is 0 Å². The lowest BCUT2D eigenvalue weighted by Gasteiger charge is -2.12. The van der Waals surface area contributed by atoms with Crippen LogP contribution in [-0.4, -0.2) is 19.0 Å². The maximum atomic E-state index is 11.8. The molecule has 3 nitrogen and oxygen atoms in total. The molecule has 0 heterocycles. The summed E-state index contributed by atoms with van der Waals surface area (Å²) in [7, 11) is 0. The van der Waals surface area contributed by atoms with Gasteiger partial charge in [-0.3, -0.25) is 4.79 Å². The number of hydrogen-bond donors (Lipinski definition) is 2. The molecule has 0 aliphatic carbocycles. The van der Waals surface area contributed by atoms with Crippen molar-refractivity contribution in [3.8, 4) is 0 Å². The molecule has 1 amide bonds. The van der Waals surface area contributed by atoms with Gasteiger partial charge in [-0.15, -0.1) is 0 Å². The minimum absolute atomic E-state index is 0.0653. The van der Waals surface area contributed by atoms with Crippen molar-refractivity contribution in [3.05, 3.63) is 28.3 Å². The Balaban J connectivity index is 2.59. The highest BCUT2D eigenvalue weighted by atomic mass is 35.5. The monoisotopic (exact) mass is 268 g/mol. The van der Waals surface area contributed by atoms with E-state index < -0.39 is 0 Å². The third-order valence-electron chi connectivity index (χ3n) is 2.53. The van der Waals surface area contributed by atoms with Crippen molar-refractivity contribution in [1.82, 2.24) is 5.32 Å². The molecule has 0 unspecified atom stereocenters. The normalized spacial score (nSPS) is 10.8. The van der Waals surface area contributed by atoms with E-state index >= 15 is 0 Å². The van der Waals surface area contributed by atoms with E-state index in [1.807, 2.05) is 26.0 Å². The van der Waals surface area contributed by atoms with E-state index in [-0.39, 0.29) is 5.91 Å². The molecule has 0 aliphatic rings. The summed E-state index contributed by atoms with van der Waals surface area (Å²) in [5, 5.41) is 6.53. The van der Waals surface area contributed by atoms with Gasteiger partial charge in [0.1, 0.15) is 0 Å². The number of benzene rings is 1. The highest BCUT2D eigenvalue weighted by Gasteiger charge is 2.09. The van der Waals surface area contributed by atoms with Gasteiger partial charge in [0.25, 0.3) is 0 Å². The zero-order valence-corrected chi connectivity index (χ0v) is 12.2. The van der Waals surface area contributed by atoms with E-state index in [0.29, 0.717) is 23.2 Å². The Morgan fingerprint density at radius 1 is 1.33 bits per heavy atom. The molecule has 0 bridgehead atoms. The van der Waals surface area contributed by atoms with Crippen molar-refractivity contribution in [2.75, 3.05) is 18.4 Å². The molecule has 0 aliphatic heterocycles. The highest BCUT2D eigenvalue weighted by molar-refractivity contribution is 6.34. The molecule has 0 saturated heterocycles. The minimum atomic E-state index is -0.0653. The first-order valence-corrected chi connectivity index (χ1v) is 6.55. The van der Waals surface area contributed by atoms with Gasteiger partial charge < -0.3 is 10.6 Å². The summed E-state index contributed by atoms with van der Waals surface area (Å²) in [6.07, 6.45) is 0. The molecule has 0 radical (unpaired) electrons. The topological polar surface area (TPSA) is 41.1 Å². The number of carbonyl (C=O) groups excluding carboxylic acids is 1. The second-order valence-electron chi connectivity index (χ2n) is 5.01. The Hall–Kier alpha value is -1.06. The fourth-order valence-corrected chi connectivity index (χ4v) is 2.10. The average molecular weight is 269 g/mol. The number of hydrogen-bond acceptors (Lipinski definition) is 2. The summed E-state index contributed by atoms with van der Waals surface area (Å²) < 4.78 is 0. The number of nitrogens with one attached hydrogen (secondary N) is 2. The Labute approximate surface area is 114 Å². The van der Waals surface area contributed by atoms with Gasteiger partial charge in [0.2, 0.25) is 5.91 Å². The van der Waals surface area contributed by atoms with Crippen LogP contribution in [0, 0.1) is 19.8 Å². The summed E-state index contributed by atoms with van der Waals surface area (Å²) in [6.45, 7) is 9.26. The molecule has 1 aromatic rings. The predicted octanol–water partition coefficient (Wildman–Crippen LogP) is 3.14. The average Bonchev–Trinajstić information content (AvgIpc) is 2.22. The molecule has 0 aromatic heterocycles. The first-order chi connectivity index (χ1) is 8.40. The highest BCUT2D eigenvalue weighted by Crippen LogP contribution is 2.27. The quantitative estimate of drug-likeness (QED) is 0.861. The maximum absolute atomic E-state index is 11.8. The largest absolute Gasteiger partial charge is 0.323 e. The zero-order chi connectivity index (χ0) is 13.7. The van der Waals surface area contributed by atoms with Crippen LogP contribution in [0.15, 0.2) is 12.1 Å². The molecule has 0 fully saturated rings. The van der Waals surface area contributed by atoms with Crippen LogP contribution in [0.3, 0.4) is 0 Å². The van der Waals surface area contributed by atoms with Crippen LogP contribution in [0.1, 0.15) is 25.0 Å². The summed E-state index contributed by atoms with van der Waals surface area (Å²) in [6, 6.07) is 3.86. The van der Waals surface area contributed by atoms with Crippen molar-refractivity contribution >= 4 is 23.2 Å². The molecule has 2 N–H and O–H groups in total. The lowest BCUT2D eigenvalue weighted by molar-refractivity contribution is -0.115. The van der Waals surface area contributed by atoms with Gasteiger partial charge in [0.15, 0.2) is 0 Å². The number of halogens is 1. The van der Waals surface area contributed by atoms with Crippen molar-refractivity contribution in [2.45, 2.75) is 27.7 Å². The van der Waals surface area contributed by atoms with Crippen LogP contribution in [0.2, 0.25) is 5.02 Å². The number of aryl methyl sites for hydroxylation is 2. The molecule has 1 rings (SSSR count). The van der Waals surface area contributed by atoms with E-state index in [2.05, 4.69) is 24.5 Å². The fourth-order valence-electron chi connectivity index (χ4n) is 1.73. The van der Waals surface area contributed by atoms with Crippen molar-refractivity contribution in [1.29, 1.82) is 0 Å². The number of rotatable bonds is 5. The van der Waals surface area contributed by atoms with E-state index in [1.165, 1.54) is 0 Å². The summed E-state index contributed by atoms with van der Waals surface area (Å²) in [5.41, 5.74) is 2.78. The summed E-state index contributed by atoms with van der Waals surface area (Å²) >= 11 is 6.13. The second-order valence-corrected chi connectivity index (χ2v) is 5.42. The summed E-state index contributed by atoms with van der Waals surface area (Å²) in [4.78, 5) is 11.8. The SMILES string of the molecule is Cc1cc(C)c(NC(=O)CNCC(C)C)c(Cl)c1. The fraction of sp³-hybridized carbons (Fsp3) is 0.500. The van der Waals surface area contributed by atoms with E-state index in [9.17, 15) is 4.79 Å². The van der Waals surface area contributed by atoms with E-state index in [1.54, 1.807) is 0 Å². The Morgan fingerprint density at radius 2 is 2.00 bits per heavy atom. The predicted molar refractivity (Wildman–Crippen MR) is 77.3 cm³/mol. The number of amides is 1. The third-order valence-corrected chi connectivity index (χ3v) is 2.83. The molecule has 100 valence electrons. The van der Waals surface area contributed by atoms with Crippen LogP contribution >= 0.6 is 11.6 Å².